The van der Waals surface area contributed by atoms with Crippen LogP contribution in [0.25, 0.3) is 0 Å². The van der Waals surface area contributed by atoms with E-state index in [-0.39, 0.29) is 30.2 Å². The number of anilines is 2. The molecule has 3 aromatic rings. The Morgan fingerprint density at radius 1 is 1.00 bits per heavy atom. The first-order valence-corrected chi connectivity index (χ1v) is 12.5. The number of benzene rings is 3. The van der Waals surface area contributed by atoms with Gasteiger partial charge in [-0.3, -0.25) is 14.4 Å². The molecule has 0 aromatic heterocycles. The molecular weight excluding hydrogens is 476 g/mol. The van der Waals surface area contributed by atoms with Gasteiger partial charge in [0.2, 0.25) is 5.91 Å². The molecule has 0 bridgehead atoms. The van der Waals surface area contributed by atoms with Gasteiger partial charge in [0.1, 0.15) is 0 Å². The second-order valence-electron chi connectivity index (χ2n) is 9.02. The SMILES string of the molecule is CCN(C(=O)[C@H]1C[C@H](C)N(C(=O)c2ccc(CCC(=O)O)cc2)c2ccccc21)c1ccc(Cl)cc1. The van der Waals surface area contributed by atoms with Gasteiger partial charge in [-0.2, -0.15) is 0 Å². The minimum absolute atomic E-state index is 0.00555. The lowest BCUT2D eigenvalue weighted by molar-refractivity contribution is -0.137. The highest BCUT2D eigenvalue weighted by Crippen LogP contribution is 2.40. The molecule has 36 heavy (non-hydrogen) atoms. The fourth-order valence-corrected chi connectivity index (χ4v) is 4.96. The van der Waals surface area contributed by atoms with Gasteiger partial charge < -0.3 is 14.9 Å². The van der Waals surface area contributed by atoms with E-state index in [4.69, 9.17) is 16.7 Å². The van der Waals surface area contributed by atoms with Crippen molar-refractivity contribution in [3.63, 3.8) is 0 Å². The number of aliphatic carboxylic acids is 1. The molecule has 7 heteroatoms. The molecule has 1 aliphatic heterocycles. The monoisotopic (exact) mass is 504 g/mol. The number of likely N-dealkylation sites (N-methyl/N-ethyl adjacent to an activating group) is 1. The number of carboxylic acids is 1. The number of carboxylic acid groups (broad SMARTS) is 1. The van der Waals surface area contributed by atoms with Gasteiger partial charge in [-0.15, -0.1) is 0 Å². The van der Waals surface area contributed by atoms with Crippen molar-refractivity contribution in [3.8, 4) is 0 Å². The summed E-state index contributed by atoms with van der Waals surface area (Å²) in [5.74, 6) is -1.38. The predicted molar refractivity (Wildman–Crippen MR) is 142 cm³/mol. The third-order valence-electron chi connectivity index (χ3n) is 6.66. The predicted octanol–water partition coefficient (Wildman–Crippen LogP) is 5.93. The molecule has 0 radical (unpaired) electrons. The summed E-state index contributed by atoms with van der Waals surface area (Å²) in [6.45, 7) is 4.43. The molecule has 1 N–H and O–H groups in total. The molecule has 1 aliphatic rings. The van der Waals surface area contributed by atoms with Crippen LogP contribution in [0, 0.1) is 0 Å². The summed E-state index contributed by atoms with van der Waals surface area (Å²) in [5.41, 5.74) is 3.75. The maximum atomic E-state index is 13.8. The van der Waals surface area contributed by atoms with Crippen LogP contribution in [0.5, 0.6) is 0 Å². The fourth-order valence-electron chi connectivity index (χ4n) is 4.84. The van der Waals surface area contributed by atoms with Gasteiger partial charge in [-0.05, 0) is 80.3 Å². The molecule has 186 valence electrons. The molecule has 4 rings (SSSR count). The Morgan fingerprint density at radius 2 is 1.67 bits per heavy atom. The Labute approximate surface area is 216 Å². The number of hydrogen-bond donors (Lipinski definition) is 1. The average molecular weight is 505 g/mol. The van der Waals surface area contributed by atoms with Crippen LogP contribution < -0.4 is 9.80 Å². The average Bonchev–Trinajstić information content (AvgIpc) is 2.88. The Kier molecular flexibility index (Phi) is 7.75. The second kappa shape index (κ2) is 11.0. The summed E-state index contributed by atoms with van der Waals surface area (Å²) >= 11 is 6.04. The van der Waals surface area contributed by atoms with E-state index in [1.807, 2.05) is 50.2 Å². The van der Waals surface area contributed by atoms with Gasteiger partial charge in [0, 0.05) is 41.0 Å². The maximum Gasteiger partial charge on any atom is 0.303 e. The number of amides is 2. The van der Waals surface area contributed by atoms with Crippen LogP contribution in [0.4, 0.5) is 11.4 Å². The lowest BCUT2D eigenvalue weighted by Crippen LogP contribution is -2.46. The first-order valence-electron chi connectivity index (χ1n) is 12.1. The van der Waals surface area contributed by atoms with Crippen LogP contribution in [0.2, 0.25) is 5.02 Å². The Morgan fingerprint density at radius 3 is 2.31 bits per heavy atom. The molecule has 0 unspecified atom stereocenters. The molecule has 0 aliphatic carbocycles. The topological polar surface area (TPSA) is 77.9 Å². The van der Waals surface area contributed by atoms with E-state index in [2.05, 4.69) is 0 Å². The van der Waals surface area contributed by atoms with Crippen molar-refractivity contribution in [1.29, 1.82) is 0 Å². The van der Waals surface area contributed by atoms with Crippen LogP contribution in [0.1, 0.15) is 54.1 Å². The van der Waals surface area contributed by atoms with E-state index in [0.717, 1.165) is 22.5 Å². The van der Waals surface area contributed by atoms with Crippen LogP contribution in [0.3, 0.4) is 0 Å². The van der Waals surface area contributed by atoms with Gasteiger partial charge in [-0.25, -0.2) is 0 Å². The highest BCUT2D eigenvalue weighted by Gasteiger charge is 2.38. The number of nitrogens with zero attached hydrogens (tertiary/aromatic N) is 2. The number of carbonyl (C=O) groups is 3. The normalized spacial score (nSPS) is 16.8. The molecule has 0 saturated carbocycles. The standard InChI is InChI=1S/C29H29ClN2O4/c1-3-31(23-15-13-22(30)14-16-23)29(36)25-18-19(2)32(26-7-5-4-6-24(25)26)28(35)21-11-8-20(9-12-21)10-17-27(33)34/h4-9,11-16,19,25H,3,10,17-18H2,1-2H3,(H,33,34)/t19-,25-/m0/s1. The smallest absolute Gasteiger partial charge is 0.303 e. The van der Waals surface area contributed by atoms with E-state index >= 15 is 0 Å². The van der Waals surface area contributed by atoms with Crippen LogP contribution in [-0.2, 0) is 16.0 Å². The minimum Gasteiger partial charge on any atom is -0.481 e. The van der Waals surface area contributed by atoms with Gasteiger partial charge in [0.05, 0.1) is 5.92 Å². The van der Waals surface area contributed by atoms with Crippen molar-refractivity contribution in [1.82, 2.24) is 0 Å². The molecule has 6 nitrogen and oxygen atoms in total. The highest BCUT2D eigenvalue weighted by atomic mass is 35.5. The van der Waals surface area contributed by atoms with Gasteiger partial charge >= 0.3 is 5.97 Å². The first kappa shape index (κ1) is 25.5. The highest BCUT2D eigenvalue weighted by molar-refractivity contribution is 6.30. The molecule has 2 atom stereocenters. The Balaban J connectivity index is 1.62. The molecule has 2 amide bonds. The van der Waals surface area contributed by atoms with E-state index in [1.165, 1.54) is 0 Å². The quantitative estimate of drug-likeness (QED) is 0.432. The number of hydrogen-bond acceptors (Lipinski definition) is 3. The van der Waals surface area contributed by atoms with Gasteiger partial charge in [0.25, 0.3) is 5.91 Å². The van der Waals surface area contributed by atoms with E-state index < -0.39 is 5.97 Å². The molecule has 0 spiro atoms. The number of fused-ring (bicyclic) bond motifs is 1. The molecule has 0 fully saturated rings. The van der Waals surface area contributed by atoms with Crippen LogP contribution >= 0.6 is 11.6 Å². The maximum absolute atomic E-state index is 13.8. The van der Waals surface area contributed by atoms with Crippen molar-refractivity contribution in [2.75, 3.05) is 16.3 Å². The largest absolute Gasteiger partial charge is 0.481 e. The summed E-state index contributed by atoms with van der Waals surface area (Å²) < 4.78 is 0. The first-order chi connectivity index (χ1) is 17.3. The third kappa shape index (κ3) is 5.29. The van der Waals surface area contributed by atoms with Gasteiger partial charge in [0.15, 0.2) is 0 Å². The van der Waals surface area contributed by atoms with E-state index in [9.17, 15) is 14.4 Å². The van der Waals surface area contributed by atoms with Crippen molar-refractivity contribution >= 4 is 40.8 Å². The number of halogens is 1. The third-order valence-corrected chi connectivity index (χ3v) is 6.91. The summed E-state index contributed by atoms with van der Waals surface area (Å²) in [6.07, 6.45) is 0.963. The zero-order chi connectivity index (χ0) is 25.8. The zero-order valence-corrected chi connectivity index (χ0v) is 21.1. The molecule has 1 heterocycles. The number of para-hydroxylation sites is 1. The van der Waals surface area contributed by atoms with E-state index in [0.29, 0.717) is 30.0 Å². The summed E-state index contributed by atoms with van der Waals surface area (Å²) in [4.78, 5) is 41.7. The molecule has 0 saturated heterocycles. The van der Waals surface area contributed by atoms with Crippen molar-refractivity contribution in [2.45, 2.75) is 45.1 Å². The summed E-state index contributed by atoms with van der Waals surface area (Å²) in [5, 5.41) is 9.52. The van der Waals surface area contributed by atoms with Crippen LogP contribution in [-0.4, -0.2) is 35.5 Å². The lowest BCUT2D eigenvalue weighted by Gasteiger charge is -2.40. The number of carbonyl (C=O) groups excluding carboxylic acids is 2. The zero-order valence-electron chi connectivity index (χ0n) is 20.4. The number of rotatable bonds is 7. The van der Waals surface area contributed by atoms with Crippen molar-refractivity contribution in [2.24, 2.45) is 0 Å². The molecule has 3 aromatic carbocycles. The Bertz CT molecular complexity index is 1260. The van der Waals surface area contributed by atoms with Gasteiger partial charge in [-0.1, -0.05) is 41.9 Å². The number of aryl methyl sites for hydroxylation is 1. The van der Waals surface area contributed by atoms with Crippen molar-refractivity contribution in [3.05, 3.63) is 94.5 Å². The van der Waals surface area contributed by atoms with Crippen molar-refractivity contribution < 1.29 is 19.5 Å². The second-order valence-corrected chi connectivity index (χ2v) is 9.46. The summed E-state index contributed by atoms with van der Waals surface area (Å²) in [6, 6.07) is 21.7. The Hall–Kier alpha value is -3.64. The fraction of sp³-hybridized carbons (Fsp3) is 0.276. The summed E-state index contributed by atoms with van der Waals surface area (Å²) in [7, 11) is 0. The minimum atomic E-state index is -0.851. The van der Waals surface area contributed by atoms with E-state index in [1.54, 1.807) is 46.2 Å². The lowest BCUT2D eigenvalue weighted by atomic mass is 9.84. The molecular formula is C29H29ClN2O4. The van der Waals surface area contributed by atoms with Crippen LogP contribution in [0.15, 0.2) is 72.8 Å².